The Balaban J connectivity index is 2.04. The normalized spacial score (nSPS) is 12.2. The van der Waals surface area contributed by atoms with E-state index in [1.54, 1.807) is 0 Å². The molecular weight excluding hydrogens is 317 g/mol. The Labute approximate surface area is 137 Å². The fraction of sp³-hybridized carbons (Fsp3) is 0.222. The molecule has 2 aromatic carbocycles. The lowest BCUT2D eigenvalue weighted by Crippen LogP contribution is -2.36. The molecule has 1 amide bonds. The second-order valence-electron chi connectivity index (χ2n) is 5.27. The Hall–Kier alpha value is -2.81. The van der Waals surface area contributed by atoms with Crippen LogP contribution in [0.2, 0.25) is 0 Å². The van der Waals surface area contributed by atoms with Crippen LogP contribution < -0.4 is 5.32 Å². The van der Waals surface area contributed by atoms with Crippen LogP contribution in [0.4, 0.5) is 13.2 Å². The van der Waals surface area contributed by atoms with Crippen molar-refractivity contribution >= 4 is 5.91 Å². The van der Waals surface area contributed by atoms with E-state index in [2.05, 4.69) is 5.32 Å². The van der Waals surface area contributed by atoms with Gasteiger partial charge in [-0.1, -0.05) is 48.5 Å². The molecule has 2 aromatic rings. The summed E-state index contributed by atoms with van der Waals surface area (Å²) in [7, 11) is 0. The van der Waals surface area contributed by atoms with Crippen molar-refractivity contribution in [2.75, 3.05) is 0 Å². The highest BCUT2D eigenvalue weighted by atomic mass is 19.4. The van der Waals surface area contributed by atoms with Gasteiger partial charge >= 0.3 is 6.18 Å². The van der Waals surface area contributed by atoms with Gasteiger partial charge in [-0.05, 0) is 17.2 Å². The average molecular weight is 332 g/mol. The Bertz CT molecular complexity index is 736. The summed E-state index contributed by atoms with van der Waals surface area (Å²) in [5.74, 6) is -0.616. The molecule has 0 aliphatic carbocycles. The number of carbonyl (C=O) groups excluding carboxylic acids is 1. The van der Waals surface area contributed by atoms with Crippen molar-refractivity contribution in [2.45, 2.75) is 25.1 Å². The van der Waals surface area contributed by atoms with Gasteiger partial charge in [0, 0.05) is 6.42 Å². The Morgan fingerprint density at radius 1 is 1.08 bits per heavy atom. The van der Waals surface area contributed by atoms with Gasteiger partial charge in [0.2, 0.25) is 5.91 Å². The quantitative estimate of drug-likeness (QED) is 0.911. The summed E-state index contributed by atoms with van der Waals surface area (Å²) in [5.41, 5.74) is -0.0874. The molecule has 0 radical (unpaired) electrons. The van der Waals surface area contributed by atoms with Gasteiger partial charge in [-0.2, -0.15) is 18.4 Å². The number of nitrogens with zero attached hydrogens (tertiary/aromatic N) is 1. The van der Waals surface area contributed by atoms with Crippen molar-refractivity contribution in [1.82, 2.24) is 5.32 Å². The molecule has 0 bridgehead atoms. The number of carbonyl (C=O) groups is 1. The lowest BCUT2D eigenvalue weighted by Gasteiger charge is -2.14. The molecule has 2 rings (SSSR count). The standard InChI is InChI=1S/C18H15F3N2O/c19-18(20,21)16-9-5-4-8-14(16)11-17(24)23-15(12-22)10-13-6-2-1-3-7-13/h1-9,15H,10-11H2,(H,23,24). The van der Waals surface area contributed by atoms with Crippen LogP contribution in [0, 0.1) is 11.3 Å². The van der Waals surface area contributed by atoms with Crippen molar-refractivity contribution in [3.8, 4) is 6.07 Å². The van der Waals surface area contributed by atoms with Gasteiger partial charge in [0.1, 0.15) is 6.04 Å². The third-order valence-corrected chi connectivity index (χ3v) is 3.45. The number of alkyl halides is 3. The van der Waals surface area contributed by atoms with Gasteiger partial charge in [0.25, 0.3) is 0 Å². The molecule has 24 heavy (non-hydrogen) atoms. The van der Waals surface area contributed by atoms with Gasteiger partial charge in [-0.25, -0.2) is 0 Å². The van der Waals surface area contributed by atoms with Gasteiger partial charge < -0.3 is 5.32 Å². The highest BCUT2D eigenvalue weighted by Crippen LogP contribution is 2.31. The summed E-state index contributed by atoms with van der Waals surface area (Å²) >= 11 is 0. The number of hydrogen-bond acceptors (Lipinski definition) is 2. The Morgan fingerprint density at radius 2 is 1.71 bits per heavy atom. The van der Waals surface area contributed by atoms with Crippen LogP contribution >= 0.6 is 0 Å². The van der Waals surface area contributed by atoms with E-state index in [9.17, 15) is 18.0 Å². The number of halogens is 3. The molecular formula is C18H15F3N2O. The summed E-state index contributed by atoms with van der Waals surface area (Å²) in [6.07, 6.45) is -4.65. The van der Waals surface area contributed by atoms with Crippen molar-refractivity contribution in [1.29, 1.82) is 5.26 Å². The molecule has 0 aliphatic rings. The maximum absolute atomic E-state index is 12.9. The topological polar surface area (TPSA) is 52.9 Å². The summed E-state index contributed by atoms with van der Waals surface area (Å²) in [6.45, 7) is 0. The molecule has 0 aliphatic heterocycles. The highest BCUT2D eigenvalue weighted by Gasteiger charge is 2.33. The van der Waals surface area contributed by atoms with E-state index < -0.39 is 30.1 Å². The molecule has 6 heteroatoms. The predicted octanol–water partition coefficient (Wildman–Crippen LogP) is 3.50. The minimum absolute atomic E-state index is 0.112. The van der Waals surface area contributed by atoms with Gasteiger partial charge in [0.15, 0.2) is 0 Å². The van der Waals surface area contributed by atoms with Gasteiger partial charge in [-0.15, -0.1) is 0 Å². The zero-order valence-electron chi connectivity index (χ0n) is 12.7. The number of nitrogens with one attached hydrogen (secondary N) is 1. The van der Waals surface area contributed by atoms with E-state index in [0.29, 0.717) is 6.42 Å². The lowest BCUT2D eigenvalue weighted by molar-refractivity contribution is -0.138. The molecule has 1 atom stereocenters. The van der Waals surface area contributed by atoms with Gasteiger partial charge in [0.05, 0.1) is 18.1 Å². The van der Waals surface area contributed by atoms with E-state index in [4.69, 9.17) is 5.26 Å². The van der Waals surface area contributed by atoms with Crippen LogP contribution in [-0.2, 0) is 23.8 Å². The summed E-state index contributed by atoms with van der Waals surface area (Å²) < 4.78 is 38.8. The number of amides is 1. The first-order valence-corrected chi connectivity index (χ1v) is 7.28. The number of rotatable bonds is 5. The monoisotopic (exact) mass is 332 g/mol. The first-order chi connectivity index (χ1) is 11.4. The maximum atomic E-state index is 12.9. The molecule has 0 heterocycles. The fourth-order valence-corrected chi connectivity index (χ4v) is 2.35. The van der Waals surface area contributed by atoms with Crippen molar-refractivity contribution in [2.24, 2.45) is 0 Å². The Morgan fingerprint density at radius 3 is 2.33 bits per heavy atom. The summed E-state index contributed by atoms with van der Waals surface area (Å²) in [4.78, 5) is 12.0. The van der Waals surface area contributed by atoms with E-state index in [1.807, 2.05) is 36.4 Å². The average Bonchev–Trinajstić information content (AvgIpc) is 2.54. The molecule has 1 unspecified atom stereocenters. The summed E-state index contributed by atoms with van der Waals surface area (Å²) in [5, 5.41) is 11.6. The smallest absolute Gasteiger partial charge is 0.340 e. The molecule has 0 saturated carbocycles. The number of hydrogen-bond donors (Lipinski definition) is 1. The lowest BCUT2D eigenvalue weighted by atomic mass is 10.0. The minimum atomic E-state index is -4.52. The van der Waals surface area contributed by atoms with E-state index >= 15 is 0 Å². The third-order valence-electron chi connectivity index (χ3n) is 3.45. The maximum Gasteiger partial charge on any atom is 0.416 e. The molecule has 1 N–H and O–H groups in total. The molecule has 124 valence electrons. The largest absolute Gasteiger partial charge is 0.416 e. The zero-order chi connectivity index (χ0) is 17.6. The first-order valence-electron chi connectivity index (χ1n) is 7.28. The molecule has 0 saturated heterocycles. The second-order valence-corrected chi connectivity index (χ2v) is 5.27. The summed E-state index contributed by atoms with van der Waals surface area (Å²) in [6, 6.07) is 15.2. The van der Waals surface area contributed by atoms with E-state index in [0.717, 1.165) is 11.6 Å². The fourth-order valence-electron chi connectivity index (χ4n) is 2.35. The van der Waals surface area contributed by atoms with Crippen molar-refractivity contribution < 1.29 is 18.0 Å². The van der Waals surface area contributed by atoms with Crippen LogP contribution in [0.1, 0.15) is 16.7 Å². The van der Waals surface area contributed by atoms with E-state index in [-0.39, 0.29) is 5.56 Å². The van der Waals surface area contributed by atoms with Crippen molar-refractivity contribution in [3.05, 3.63) is 71.3 Å². The SMILES string of the molecule is N#CC(Cc1ccccc1)NC(=O)Cc1ccccc1C(F)(F)F. The van der Waals surface area contributed by atoms with Crippen LogP contribution in [0.3, 0.4) is 0 Å². The van der Waals surface area contributed by atoms with Crippen LogP contribution in [0.15, 0.2) is 54.6 Å². The molecule has 3 nitrogen and oxygen atoms in total. The Kier molecular flexibility index (Phi) is 5.59. The predicted molar refractivity (Wildman–Crippen MR) is 82.8 cm³/mol. The minimum Gasteiger partial charge on any atom is -0.340 e. The van der Waals surface area contributed by atoms with E-state index in [1.165, 1.54) is 18.2 Å². The molecule has 0 fully saturated rings. The number of nitriles is 1. The highest BCUT2D eigenvalue weighted by molar-refractivity contribution is 5.79. The third kappa shape index (κ3) is 4.85. The first kappa shape index (κ1) is 17.5. The number of benzene rings is 2. The zero-order valence-corrected chi connectivity index (χ0v) is 12.7. The molecule has 0 spiro atoms. The molecule has 0 aromatic heterocycles. The van der Waals surface area contributed by atoms with Crippen LogP contribution in [0.5, 0.6) is 0 Å². The van der Waals surface area contributed by atoms with Crippen molar-refractivity contribution in [3.63, 3.8) is 0 Å². The van der Waals surface area contributed by atoms with Gasteiger partial charge in [-0.3, -0.25) is 4.79 Å². The van der Waals surface area contributed by atoms with Crippen LogP contribution in [-0.4, -0.2) is 11.9 Å². The van der Waals surface area contributed by atoms with Crippen LogP contribution in [0.25, 0.3) is 0 Å². The second kappa shape index (κ2) is 7.64.